The van der Waals surface area contributed by atoms with Gasteiger partial charge in [0.15, 0.2) is 29.5 Å². The summed E-state index contributed by atoms with van der Waals surface area (Å²) in [5.74, 6) is 0.204. The summed E-state index contributed by atoms with van der Waals surface area (Å²) in [7, 11) is -10.4. The number of sulfone groups is 3. The van der Waals surface area contributed by atoms with Crippen LogP contribution in [-0.2, 0) is 54.6 Å². The van der Waals surface area contributed by atoms with Crippen LogP contribution in [0.3, 0.4) is 0 Å². The molecule has 5 aromatic rings. The smallest absolute Gasteiger partial charge is 0.399 e. The van der Waals surface area contributed by atoms with E-state index in [1.807, 2.05) is 67.5 Å². The largest absolute Gasteiger partial charge is 0.494 e. The van der Waals surface area contributed by atoms with Crippen molar-refractivity contribution in [3.05, 3.63) is 121 Å². The molecule has 2 fully saturated rings. The van der Waals surface area contributed by atoms with Crippen LogP contribution in [0, 0.1) is 0 Å². The van der Waals surface area contributed by atoms with Gasteiger partial charge in [0.1, 0.15) is 0 Å². The zero-order valence-electron chi connectivity index (χ0n) is 35.4. The molecule has 0 aliphatic carbocycles. The second-order valence-corrected chi connectivity index (χ2v) is 25.9. The van der Waals surface area contributed by atoms with Gasteiger partial charge in [0, 0.05) is 24.5 Å². The molecule has 6 heterocycles. The van der Waals surface area contributed by atoms with Crippen molar-refractivity contribution < 1.29 is 43.9 Å². The van der Waals surface area contributed by atoms with E-state index in [0.717, 1.165) is 31.0 Å². The van der Waals surface area contributed by atoms with Gasteiger partial charge >= 0.3 is 14.2 Å². The molecule has 326 valence electrons. The highest BCUT2D eigenvalue weighted by Gasteiger charge is 2.53. The van der Waals surface area contributed by atoms with E-state index in [1.165, 1.54) is 20.9 Å². The van der Waals surface area contributed by atoms with E-state index in [0.29, 0.717) is 26.7 Å². The van der Waals surface area contributed by atoms with Crippen LogP contribution in [0.5, 0.6) is 0 Å². The van der Waals surface area contributed by atoms with E-state index >= 15 is 0 Å². The first-order valence-corrected chi connectivity index (χ1v) is 26.9. The number of aryl methyl sites for hydroxylation is 1. The van der Waals surface area contributed by atoms with Gasteiger partial charge in [-0.3, -0.25) is 0 Å². The Balaban J connectivity index is 0.000000129. The zero-order valence-corrected chi connectivity index (χ0v) is 41.9. The monoisotopic (exact) mass is 1040 g/mol. The van der Waals surface area contributed by atoms with E-state index in [2.05, 4.69) is 61.5 Å². The molecule has 5 aliphatic rings. The van der Waals surface area contributed by atoms with E-state index in [4.69, 9.17) is 18.6 Å². The van der Waals surface area contributed by atoms with Crippen LogP contribution < -0.4 is 10.9 Å². The van der Waals surface area contributed by atoms with Gasteiger partial charge in [-0.25, -0.2) is 25.3 Å². The normalized spacial score (nSPS) is 21.5. The Labute approximate surface area is 386 Å². The highest BCUT2D eigenvalue weighted by atomic mass is 79.9. The van der Waals surface area contributed by atoms with Crippen molar-refractivity contribution in [2.24, 2.45) is 0 Å². The van der Waals surface area contributed by atoms with Crippen molar-refractivity contribution in [2.45, 2.75) is 98.9 Å². The number of benzene rings is 4. The molecule has 0 bridgehead atoms. The van der Waals surface area contributed by atoms with E-state index in [1.54, 1.807) is 66.0 Å². The topological polar surface area (TPSA) is 139 Å². The predicted molar refractivity (Wildman–Crippen MR) is 256 cm³/mol. The molecule has 10 rings (SSSR count). The number of rotatable bonds is 2. The average Bonchev–Trinajstić information content (AvgIpc) is 4.00. The molecule has 0 amide bonds. The lowest BCUT2D eigenvalue weighted by atomic mass is 9.78. The number of thiophene rings is 1. The van der Waals surface area contributed by atoms with E-state index in [9.17, 15) is 25.3 Å². The second-order valence-electron chi connectivity index (χ2n) is 17.4. The van der Waals surface area contributed by atoms with Crippen LogP contribution in [0.15, 0.2) is 119 Å². The second kappa shape index (κ2) is 16.8. The third-order valence-corrected chi connectivity index (χ3v) is 18.7. The Bertz CT molecular complexity index is 2940. The van der Waals surface area contributed by atoms with Crippen LogP contribution in [0.1, 0.15) is 72.1 Å². The first kappa shape index (κ1) is 47.1. The standard InChI is InChI=1S/C14H19BO4S.C14H17BO4S.C8H5BrO2S.C8H5BrS/c2*1-13(2)14(3,4)19-15(18-13)11-5-6-12-10(9-11)7-8-20(12,16)17;9-7-1-2-8-6(5-7)3-4-12(8,10)11;9-7-1-2-8-6(5-7)3-4-10-8/h5-6,9H,7-8H2,1-4H3;5-9H,1-4H3;1-5H;1-5H. The first-order chi connectivity index (χ1) is 28.7. The molecule has 2 saturated heterocycles. The lowest BCUT2D eigenvalue weighted by Gasteiger charge is -2.32. The van der Waals surface area contributed by atoms with Crippen molar-refractivity contribution in [3.63, 3.8) is 0 Å². The maximum atomic E-state index is 11.8. The Kier molecular flexibility index (Phi) is 12.8. The molecule has 5 aliphatic heterocycles. The van der Waals surface area contributed by atoms with Crippen molar-refractivity contribution >= 4 is 120 Å². The zero-order chi connectivity index (χ0) is 45.3. The van der Waals surface area contributed by atoms with Crippen LogP contribution in [0.4, 0.5) is 0 Å². The molecule has 0 radical (unpaired) electrons. The third-order valence-electron chi connectivity index (χ3n) is 12.0. The molecule has 0 saturated carbocycles. The summed E-state index contributed by atoms with van der Waals surface area (Å²) in [6.45, 7) is 16.0. The fourth-order valence-electron chi connectivity index (χ4n) is 6.98. The average molecular weight is 1040 g/mol. The summed E-state index contributed by atoms with van der Waals surface area (Å²) < 4.78 is 97.0. The summed E-state index contributed by atoms with van der Waals surface area (Å²) in [6.07, 6.45) is 3.79. The van der Waals surface area contributed by atoms with Crippen molar-refractivity contribution in [3.8, 4) is 0 Å². The van der Waals surface area contributed by atoms with Crippen LogP contribution >= 0.6 is 43.2 Å². The van der Waals surface area contributed by atoms with Crippen LogP contribution in [-0.4, -0.2) is 67.6 Å². The third kappa shape index (κ3) is 9.56. The Morgan fingerprint density at radius 2 is 1.00 bits per heavy atom. The number of halogens is 2. The number of hydrogen-bond acceptors (Lipinski definition) is 11. The van der Waals surface area contributed by atoms with Crippen LogP contribution in [0.25, 0.3) is 22.2 Å². The minimum Gasteiger partial charge on any atom is -0.399 e. The van der Waals surface area contributed by atoms with Gasteiger partial charge in [-0.05, 0) is 167 Å². The quantitative estimate of drug-likeness (QED) is 0.158. The molecule has 0 N–H and O–H groups in total. The Hall–Kier alpha value is -2.90. The van der Waals surface area contributed by atoms with Gasteiger partial charge in [0.25, 0.3) is 0 Å². The summed E-state index contributed by atoms with van der Waals surface area (Å²) in [5.41, 5.74) is 2.46. The number of fused-ring (bicyclic) bond motifs is 4. The molecule has 18 heteroatoms. The molecular formula is C44H46B2Br2O10S4. The van der Waals surface area contributed by atoms with Gasteiger partial charge < -0.3 is 18.6 Å². The maximum Gasteiger partial charge on any atom is 0.494 e. The summed E-state index contributed by atoms with van der Waals surface area (Å²) in [6, 6.07) is 24.1. The lowest BCUT2D eigenvalue weighted by molar-refractivity contribution is 0.00578. The van der Waals surface area contributed by atoms with Gasteiger partial charge in [0.05, 0.1) is 42.8 Å². The highest BCUT2D eigenvalue weighted by Crippen LogP contribution is 2.38. The van der Waals surface area contributed by atoms with E-state index in [-0.39, 0.29) is 17.0 Å². The maximum absolute atomic E-state index is 11.8. The molecule has 62 heavy (non-hydrogen) atoms. The Morgan fingerprint density at radius 3 is 1.55 bits per heavy atom. The fourth-order valence-corrected chi connectivity index (χ4v) is 12.4. The molecule has 1 aromatic heterocycles. The summed E-state index contributed by atoms with van der Waals surface area (Å²) in [5, 5.41) is 5.88. The predicted octanol–water partition coefficient (Wildman–Crippen LogP) is 8.93. The molecule has 0 unspecified atom stereocenters. The minimum atomic E-state index is -3.25. The summed E-state index contributed by atoms with van der Waals surface area (Å²) in [4.78, 5) is 1.20. The van der Waals surface area contributed by atoms with Gasteiger partial charge in [-0.15, -0.1) is 11.3 Å². The molecular weight excluding hydrogens is 998 g/mol. The van der Waals surface area contributed by atoms with E-state index < -0.39 is 55.0 Å². The molecule has 0 spiro atoms. The summed E-state index contributed by atoms with van der Waals surface area (Å²) >= 11 is 8.47. The Morgan fingerprint density at radius 1 is 0.548 bits per heavy atom. The number of hydrogen-bond donors (Lipinski definition) is 0. The lowest BCUT2D eigenvalue weighted by Crippen LogP contribution is -2.41. The SMILES string of the molecule is Brc1ccc2sccc2c1.CC1(C)OB(c2ccc3c(c2)C=CS3(=O)=O)OC1(C)C.CC1(C)OB(c2ccc3c(c2)CCS3(=O)=O)OC1(C)C.O=S1(=O)C=Cc2cc(Br)ccc21. The van der Waals surface area contributed by atoms with Crippen molar-refractivity contribution in [1.82, 2.24) is 0 Å². The van der Waals surface area contributed by atoms with Crippen LogP contribution in [0.2, 0.25) is 0 Å². The molecule has 10 nitrogen and oxygen atoms in total. The fraction of sp³-hybridized carbons (Fsp3) is 0.318. The molecule has 0 atom stereocenters. The van der Waals surface area contributed by atoms with Crippen molar-refractivity contribution in [2.75, 3.05) is 5.75 Å². The highest BCUT2D eigenvalue weighted by molar-refractivity contribution is 9.10. The van der Waals surface area contributed by atoms with Gasteiger partial charge in [0.2, 0.25) is 0 Å². The van der Waals surface area contributed by atoms with Crippen molar-refractivity contribution in [1.29, 1.82) is 0 Å². The van der Waals surface area contributed by atoms with Gasteiger partial charge in [-0.1, -0.05) is 56.1 Å². The first-order valence-electron chi connectivity index (χ1n) is 19.7. The minimum absolute atomic E-state index is 0.204. The van der Waals surface area contributed by atoms with Gasteiger partial charge in [-0.2, -0.15) is 0 Å². The molecule has 4 aromatic carbocycles.